The molecule has 110 valence electrons. The second-order valence-electron chi connectivity index (χ2n) is 4.78. The fourth-order valence-corrected chi connectivity index (χ4v) is 1.51. The minimum atomic E-state index is -0.884. The molecule has 0 saturated carbocycles. The zero-order valence-corrected chi connectivity index (χ0v) is 12.0. The number of aliphatic carboxylic acids is 1. The quantitative estimate of drug-likeness (QED) is 0.700. The van der Waals surface area contributed by atoms with E-state index in [0.717, 1.165) is 0 Å². The highest BCUT2D eigenvalue weighted by Crippen LogP contribution is 1.98. The van der Waals surface area contributed by atoms with Crippen molar-refractivity contribution >= 4 is 17.9 Å². The summed E-state index contributed by atoms with van der Waals surface area (Å²) < 4.78 is 0. The Balaban J connectivity index is 4.09. The van der Waals surface area contributed by atoms with Gasteiger partial charge in [-0.1, -0.05) is 0 Å². The van der Waals surface area contributed by atoms with Crippen LogP contribution in [0.5, 0.6) is 0 Å². The second kappa shape index (κ2) is 8.34. The highest BCUT2D eigenvalue weighted by Gasteiger charge is 2.17. The predicted octanol–water partition coefficient (Wildman–Crippen LogP) is 0.359. The molecular formula is C12H23N3O4. The Kier molecular flexibility index (Phi) is 7.55. The average Bonchev–Trinajstić information content (AvgIpc) is 2.25. The summed E-state index contributed by atoms with van der Waals surface area (Å²) in [6.07, 6.45) is 0.415. The number of amides is 3. The third kappa shape index (κ3) is 8.01. The number of carboxylic acids is 1. The van der Waals surface area contributed by atoms with E-state index in [1.54, 1.807) is 7.05 Å². The van der Waals surface area contributed by atoms with Crippen LogP contribution in [0.1, 0.15) is 26.7 Å². The van der Waals surface area contributed by atoms with Gasteiger partial charge in [0.15, 0.2) is 0 Å². The van der Waals surface area contributed by atoms with E-state index in [0.29, 0.717) is 13.0 Å². The van der Waals surface area contributed by atoms with Gasteiger partial charge in [0.05, 0.1) is 0 Å². The van der Waals surface area contributed by atoms with Crippen molar-refractivity contribution < 1.29 is 19.5 Å². The lowest BCUT2D eigenvalue weighted by molar-refractivity contribution is -0.137. The van der Waals surface area contributed by atoms with Gasteiger partial charge in [0, 0.05) is 33.1 Å². The van der Waals surface area contributed by atoms with Crippen molar-refractivity contribution in [3.8, 4) is 0 Å². The smallest absolute Gasteiger partial charge is 0.319 e. The summed E-state index contributed by atoms with van der Waals surface area (Å²) in [5, 5.41) is 11.2. The van der Waals surface area contributed by atoms with Crippen molar-refractivity contribution in [1.29, 1.82) is 0 Å². The molecule has 0 aromatic heterocycles. The molecule has 0 fully saturated rings. The largest absolute Gasteiger partial charge is 0.481 e. The lowest BCUT2D eigenvalue weighted by Crippen LogP contribution is -2.45. The number of nitrogens with one attached hydrogen (secondary N) is 1. The average molecular weight is 273 g/mol. The molecule has 3 amide bonds. The van der Waals surface area contributed by atoms with Crippen LogP contribution in [0.4, 0.5) is 4.79 Å². The summed E-state index contributed by atoms with van der Waals surface area (Å²) in [5.41, 5.74) is 0. The molecular weight excluding hydrogens is 250 g/mol. The number of rotatable bonds is 7. The van der Waals surface area contributed by atoms with E-state index < -0.39 is 5.97 Å². The number of likely N-dealkylation sites (N-methyl/N-ethyl adjacent to an activating group) is 1. The van der Waals surface area contributed by atoms with E-state index >= 15 is 0 Å². The number of carboxylic acid groups (broad SMARTS) is 1. The minimum absolute atomic E-state index is 0.0136. The van der Waals surface area contributed by atoms with E-state index in [9.17, 15) is 14.4 Å². The van der Waals surface area contributed by atoms with E-state index in [4.69, 9.17) is 5.11 Å². The molecule has 0 bridgehead atoms. The molecule has 7 nitrogen and oxygen atoms in total. The van der Waals surface area contributed by atoms with Crippen LogP contribution in [0.2, 0.25) is 0 Å². The number of carbonyl (C=O) groups excluding carboxylic acids is 2. The van der Waals surface area contributed by atoms with Crippen LogP contribution in [0.25, 0.3) is 0 Å². The molecule has 0 rings (SSSR count). The Hall–Kier alpha value is -1.79. The topological polar surface area (TPSA) is 90.0 Å². The van der Waals surface area contributed by atoms with Crippen LogP contribution in [-0.2, 0) is 9.59 Å². The van der Waals surface area contributed by atoms with Crippen molar-refractivity contribution in [3.63, 3.8) is 0 Å². The molecule has 0 atom stereocenters. The molecule has 0 saturated heterocycles. The first-order valence-electron chi connectivity index (χ1n) is 6.21. The maximum atomic E-state index is 11.9. The lowest BCUT2D eigenvalue weighted by Gasteiger charge is -2.24. The van der Waals surface area contributed by atoms with Crippen LogP contribution < -0.4 is 5.32 Å². The molecule has 0 spiro atoms. The standard InChI is InChI=1S/C12H23N3O4/c1-9(2)13-10(16)8-15(4)12(19)14(3)7-5-6-11(17)18/h9H,5-8H2,1-4H3,(H,13,16)(H,17,18). The molecule has 0 aromatic rings. The van der Waals surface area contributed by atoms with Gasteiger partial charge in [0.25, 0.3) is 0 Å². The summed E-state index contributed by atoms with van der Waals surface area (Å²) in [7, 11) is 3.12. The zero-order valence-electron chi connectivity index (χ0n) is 12.0. The molecule has 0 heterocycles. The van der Waals surface area contributed by atoms with Crippen molar-refractivity contribution in [2.24, 2.45) is 0 Å². The summed E-state index contributed by atoms with van der Waals surface area (Å²) in [5.74, 6) is -1.10. The molecule has 0 aromatic carbocycles. The van der Waals surface area contributed by atoms with Gasteiger partial charge in [-0.25, -0.2) is 4.79 Å². The van der Waals surface area contributed by atoms with E-state index in [2.05, 4.69) is 5.32 Å². The third-order valence-electron chi connectivity index (χ3n) is 2.37. The molecule has 0 aliphatic rings. The Morgan fingerprint density at radius 3 is 2.21 bits per heavy atom. The molecule has 19 heavy (non-hydrogen) atoms. The maximum absolute atomic E-state index is 11.9. The molecule has 7 heteroatoms. The SMILES string of the molecule is CC(C)NC(=O)CN(C)C(=O)N(C)CCCC(=O)O. The first-order chi connectivity index (χ1) is 8.73. The highest BCUT2D eigenvalue weighted by atomic mass is 16.4. The zero-order chi connectivity index (χ0) is 15.0. The van der Waals surface area contributed by atoms with Crippen LogP contribution in [0, 0.1) is 0 Å². The van der Waals surface area contributed by atoms with Gasteiger partial charge in [0.2, 0.25) is 5.91 Å². The lowest BCUT2D eigenvalue weighted by atomic mass is 10.3. The fraction of sp³-hybridized carbons (Fsp3) is 0.750. The summed E-state index contributed by atoms with van der Waals surface area (Å²) in [6, 6.07) is -0.270. The highest BCUT2D eigenvalue weighted by molar-refractivity contribution is 5.83. The number of urea groups is 1. The van der Waals surface area contributed by atoms with Gasteiger partial charge < -0.3 is 20.2 Å². The number of hydrogen-bond acceptors (Lipinski definition) is 3. The number of hydrogen-bond donors (Lipinski definition) is 2. The Bertz CT molecular complexity index is 331. The van der Waals surface area contributed by atoms with Crippen LogP contribution in [0.3, 0.4) is 0 Å². The third-order valence-corrected chi connectivity index (χ3v) is 2.37. The Morgan fingerprint density at radius 2 is 1.74 bits per heavy atom. The van der Waals surface area contributed by atoms with Crippen LogP contribution >= 0.6 is 0 Å². The number of carbonyl (C=O) groups is 3. The predicted molar refractivity (Wildman–Crippen MR) is 70.8 cm³/mol. The van der Waals surface area contributed by atoms with Gasteiger partial charge >= 0.3 is 12.0 Å². The van der Waals surface area contributed by atoms with Crippen LogP contribution in [0.15, 0.2) is 0 Å². The summed E-state index contributed by atoms with van der Waals surface area (Å²) in [4.78, 5) is 36.4. The van der Waals surface area contributed by atoms with Crippen molar-refractivity contribution in [1.82, 2.24) is 15.1 Å². The van der Waals surface area contributed by atoms with Gasteiger partial charge in [0.1, 0.15) is 6.54 Å². The second-order valence-corrected chi connectivity index (χ2v) is 4.78. The first kappa shape index (κ1) is 17.2. The van der Waals surface area contributed by atoms with Crippen molar-refractivity contribution in [2.45, 2.75) is 32.7 Å². The fourth-order valence-electron chi connectivity index (χ4n) is 1.51. The maximum Gasteiger partial charge on any atom is 0.319 e. The number of nitrogens with zero attached hydrogens (tertiary/aromatic N) is 2. The first-order valence-corrected chi connectivity index (χ1v) is 6.21. The van der Waals surface area contributed by atoms with Gasteiger partial charge in [-0.15, -0.1) is 0 Å². The van der Waals surface area contributed by atoms with Gasteiger partial charge in [-0.05, 0) is 20.3 Å². The molecule has 0 unspecified atom stereocenters. The van der Waals surface area contributed by atoms with E-state index in [1.165, 1.54) is 16.8 Å². The van der Waals surface area contributed by atoms with E-state index in [1.807, 2.05) is 13.8 Å². The summed E-state index contributed by atoms with van der Waals surface area (Å²) in [6.45, 7) is 4.02. The molecule has 0 aliphatic heterocycles. The molecule has 2 N–H and O–H groups in total. The van der Waals surface area contributed by atoms with Crippen molar-refractivity contribution in [2.75, 3.05) is 27.2 Å². The normalized spacial score (nSPS) is 10.2. The summed E-state index contributed by atoms with van der Waals surface area (Å²) >= 11 is 0. The molecule has 0 aliphatic carbocycles. The minimum Gasteiger partial charge on any atom is -0.481 e. The Labute approximate surface area is 113 Å². The Morgan fingerprint density at radius 1 is 1.16 bits per heavy atom. The monoisotopic (exact) mass is 273 g/mol. The van der Waals surface area contributed by atoms with Crippen LogP contribution in [-0.4, -0.2) is 66.0 Å². The van der Waals surface area contributed by atoms with Crippen molar-refractivity contribution in [3.05, 3.63) is 0 Å². The van der Waals surface area contributed by atoms with Gasteiger partial charge in [-0.2, -0.15) is 0 Å². The molecule has 0 radical (unpaired) electrons. The van der Waals surface area contributed by atoms with Gasteiger partial charge in [-0.3, -0.25) is 9.59 Å². The van der Waals surface area contributed by atoms with E-state index in [-0.39, 0.29) is 30.9 Å².